The number of unbranched alkanes of at least 4 members (excludes halogenated alkanes) is 1. The molecular weight excluding hydrogens is 374 g/mol. The summed E-state index contributed by atoms with van der Waals surface area (Å²) in [7, 11) is 0. The van der Waals surface area contributed by atoms with Crippen molar-refractivity contribution in [2.45, 2.75) is 19.8 Å². The van der Waals surface area contributed by atoms with Crippen LogP contribution in [0.2, 0.25) is 0 Å². The number of terminal acetylenes is 1. The molecule has 0 saturated heterocycles. The normalized spacial score (nSPS) is 10.5. The van der Waals surface area contributed by atoms with E-state index in [2.05, 4.69) is 18.2 Å². The molecule has 0 aromatic heterocycles. The second-order valence-electron chi connectivity index (χ2n) is 6.09. The zero-order valence-corrected chi connectivity index (χ0v) is 17.3. The smallest absolute Gasteiger partial charge is 0.338 e. The van der Waals surface area contributed by atoms with Gasteiger partial charge in [0.05, 0.1) is 51.8 Å². The molecule has 0 spiro atoms. The fraction of sp³-hybridized carbons (Fsp3) is 0.591. The van der Waals surface area contributed by atoms with Gasteiger partial charge in [-0.25, -0.2) is 4.79 Å². The molecule has 7 heteroatoms. The van der Waals surface area contributed by atoms with Gasteiger partial charge in [0.15, 0.2) is 0 Å². The second kappa shape index (κ2) is 18.0. The van der Waals surface area contributed by atoms with Crippen LogP contribution in [0.4, 0.5) is 5.69 Å². The minimum absolute atomic E-state index is 0.204. The molecular formula is C22H33NO6. The molecule has 162 valence electrons. The van der Waals surface area contributed by atoms with Gasteiger partial charge in [0.2, 0.25) is 0 Å². The van der Waals surface area contributed by atoms with Crippen LogP contribution in [0.15, 0.2) is 24.3 Å². The van der Waals surface area contributed by atoms with Gasteiger partial charge in [0.1, 0.15) is 13.2 Å². The minimum Gasteiger partial charge on any atom is -0.460 e. The molecule has 7 nitrogen and oxygen atoms in total. The highest BCUT2D eigenvalue weighted by Crippen LogP contribution is 2.10. The lowest BCUT2D eigenvalue weighted by molar-refractivity contribution is -0.00694. The molecule has 1 aromatic rings. The van der Waals surface area contributed by atoms with Crippen molar-refractivity contribution in [3.63, 3.8) is 0 Å². The summed E-state index contributed by atoms with van der Waals surface area (Å²) >= 11 is 0. The van der Waals surface area contributed by atoms with Crippen molar-refractivity contribution in [1.29, 1.82) is 0 Å². The predicted molar refractivity (Wildman–Crippen MR) is 112 cm³/mol. The van der Waals surface area contributed by atoms with Gasteiger partial charge in [0.25, 0.3) is 0 Å². The number of rotatable bonds is 18. The lowest BCUT2D eigenvalue weighted by Gasteiger charge is -2.08. The fourth-order valence-corrected chi connectivity index (χ4v) is 2.20. The molecule has 0 amide bonds. The average Bonchev–Trinajstić information content (AvgIpc) is 2.74. The molecule has 0 aliphatic rings. The Balaban J connectivity index is 1.94. The van der Waals surface area contributed by atoms with Gasteiger partial charge in [-0.1, -0.05) is 19.3 Å². The average molecular weight is 408 g/mol. The van der Waals surface area contributed by atoms with E-state index in [1.807, 2.05) is 12.1 Å². The number of hydrogen-bond acceptors (Lipinski definition) is 7. The lowest BCUT2D eigenvalue weighted by Crippen LogP contribution is -2.14. The van der Waals surface area contributed by atoms with Gasteiger partial charge in [-0.2, -0.15) is 0 Å². The molecule has 0 radical (unpaired) electrons. The van der Waals surface area contributed by atoms with E-state index in [0.717, 1.165) is 25.1 Å². The Morgan fingerprint density at radius 3 is 2.00 bits per heavy atom. The van der Waals surface area contributed by atoms with E-state index >= 15 is 0 Å². The van der Waals surface area contributed by atoms with E-state index in [1.165, 1.54) is 0 Å². The third kappa shape index (κ3) is 13.7. The number of benzene rings is 1. The van der Waals surface area contributed by atoms with Gasteiger partial charge < -0.3 is 29.0 Å². The molecule has 0 saturated carbocycles. The van der Waals surface area contributed by atoms with Crippen LogP contribution in [0, 0.1) is 12.3 Å². The number of hydrogen-bond donors (Lipinski definition) is 1. The van der Waals surface area contributed by atoms with Crippen molar-refractivity contribution in [2.75, 3.05) is 71.3 Å². The number of anilines is 1. The summed E-state index contributed by atoms with van der Waals surface area (Å²) in [5.41, 5.74) is 1.53. The summed E-state index contributed by atoms with van der Waals surface area (Å²) in [6.07, 6.45) is 7.32. The number of esters is 1. The maximum atomic E-state index is 12.0. The Kier molecular flexibility index (Phi) is 15.4. The van der Waals surface area contributed by atoms with Gasteiger partial charge in [-0.05, 0) is 30.7 Å². The van der Waals surface area contributed by atoms with Crippen LogP contribution >= 0.6 is 0 Å². The molecule has 0 bridgehead atoms. The van der Waals surface area contributed by atoms with Gasteiger partial charge in [-0.3, -0.25) is 0 Å². The quantitative estimate of drug-likeness (QED) is 0.228. The Bertz CT molecular complexity index is 570. The largest absolute Gasteiger partial charge is 0.460 e. The fourth-order valence-electron chi connectivity index (χ4n) is 2.20. The van der Waals surface area contributed by atoms with Crippen LogP contribution in [0.25, 0.3) is 0 Å². The highest BCUT2D eigenvalue weighted by Gasteiger charge is 2.06. The van der Waals surface area contributed by atoms with Crippen LogP contribution in [0.3, 0.4) is 0 Å². The molecule has 1 aromatic carbocycles. The standard InChI is InChI=1S/C22H33NO6/c1-3-5-10-23-21-8-6-20(7-9-21)22(24)29-19-18-28-17-16-27-15-14-26-13-12-25-11-4-2/h2,6-9,23H,3,5,10-19H2,1H3. The summed E-state index contributed by atoms with van der Waals surface area (Å²) in [5.74, 6) is 2.03. The van der Waals surface area contributed by atoms with Crippen molar-refractivity contribution >= 4 is 11.7 Å². The SMILES string of the molecule is C#CCOCCOCCOCCOCCOC(=O)c1ccc(NCCCC)cc1. The van der Waals surface area contributed by atoms with E-state index in [0.29, 0.717) is 58.4 Å². The van der Waals surface area contributed by atoms with E-state index < -0.39 is 0 Å². The van der Waals surface area contributed by atoms with E-state index in [1.54, 1.807) is 12.1 Å². The lowest BCUT2D eigenvalue weighted by atomic mass is 10.2. The summed E-state index contributed by atoms with van der Waals surface area (Å²) in [5, 5.41) is 3.31. The minimum atomic E-state index is -0.353. The van der Waals surface area contributed by atoms with Gasteiger partial charge >= 0.3 is 5.97 Å². The first-order valence-corrected chi connectivity index (χ1v) is 10.0. The Morgan fingerprint density at radius 2 is 1.45 bits per heavy atom. The zero-order valence-electron chi connectivity index (χ0n) is 17.3. The van der Waals surface area contributed by atoms with Crippen LogP contribution < -0.4 is 5.32 Å². The Morgan fingerprint density at radius 1 is 0.897 bits per heavy atom. The van der Waals surface area contributed by atoms with Crippen molar-refractivity contribution in [2.24, 2.45) is 0 Å². The third-order valence-corrected chi connectivity index (χ3v) is 3.74. The van der Waals surface area contributed by atoms with Gasteiger partial charge in [0, 0.05) is 12.2 Å². The molecule has 0 heterocycles. The molecule has 0 aliphatic heterocycles. The van der Waals surface area contributed by atoms with Crippen LogP contribution in [0.5, 0.6) is 0 Å². The molecule has 1 rings (SSSR count). The van der Waals surface area contributed by atoms with E-state index in [4.69, 9.17) is 30.1 Å². The maximum absolute atomic E-state index is 12.0. The van der Waals surface area contributed by atoms with Crippen molar-refractivity contribution in [3.05, 3.63) is 29.8 Å². The molecule has 0 unspecified atom stereocenters. The van der Waals surface area contributed by atoms with E-state index in [-0.39, 0.29) is 12.6 Å². The maximum Gasteiger partial charge on any atom is 0.338 e. The van der Waals surface area contributed by atoms with Gasteiger partial charge in [-0.15, -0.1) is 6.42 Å². The highest BCUT2D eigenvalue weighted by atomic mass is 16.6. The molecule has 0 atom stereocenters. The Hall–Kier alpha value is -2.11. The molecule has 1 N–H and O–H groups in total. The number of carbonyl (C=O) groups is 1. The molecule has 29 heavy (non-hydrogen) atoms. The Labute approximate surface area is 174 Å². The van der Waals surface area contributed by atoms with Crippen molar-refractivity contribution < 1.29 is 28.5 Å². The van der Waals surface area contributed by atoms with Crippen molar-refractivity contribution in [1.82, 2.24) is 0 Å². The predicted octanol–water partition coefficient (Wildman–Crippen LogP) is 2.75. The summed E-state index contributed by atoms with van der Waals surface area (Å²) in [6.45, 7) is 6.74. The highest BCUT2D eigenvalue weighted by molar-refractivity contribution is 5.89. The topological polar surface area (TPSA) is 75.2 Å². The number of carbonyl (C=O) groups excluding carboxylic acids is 1. The summed E-state index contributed by atoms with van der Waals surface area (Å²) < 4.78 is 26.3. The summed E-state index contributed by atoms with van der Waals surface area (Å²) in [6, 6.07) is 7.28. The van der Waals surface area contributed by atoms with Crippen molar-refractivity contribution in [3.8, 4) is 12.3 Å². The summed E-state index contributed by atoms with van der Waals surface area (Å²) in [4.78, 5) is 12.0. The zero-order chi connectivity index (χ0) is 21.0. The first-order chi connectivity index (χ1) is 14.3. The molecule has 0 aliphatic carbocycles. The number of nitrogens with one attached hydrogen (secondary N) is 1. The second-order valence-corrected chi connectivity index (χ2v) is 6.09. The van der Waals surface area contributed by atoms with Crippen LogP contribution in [-0.2, 0) is 23.7 Å². The molecule has 0 fully saturated rings. The third-order valence-electron chi connectivity index (χ3n) is 3.74. The monoisotopic (exact) mass is 407 g/mol. The first-order valence-electron chi connectivity index (χ1n) is 10.0. The first kappa shape index (κ1) is 24.9. The van der Waals surface area contributed by atoms with E-state index in [9.17, 15) is 4.79 Å². The van der Waals surface area contributed by atoms with Crippen LogP contribution in [-0.4, -0.2) is 72.0 Å². The van der Waals surface area contributed by atoms with Crippen LogP contribution in [0.1, 0.15) is 30.1 Å². The number of ether oxygens (including phenoxy) is 5.